The lowest BCUT2D eigenvalue weighted by Gasteiger charge is -2.09. The van der Waals surface area contributed by atoms with Gasteiger partial charge >= 0.3 is 5.97 Å². The number of nitrogens with zero attached hydrogens (tertiary/aromatic N) is 2. The molecular formula is C10H15N3O3S. The summed E-state index contributed by atoms with van der Waals surface area (Å²) >= 11 is 1.45. The first-order valence-electron chi connectivity index (χ1n) is 5.19. The van der Waals surface area contributed by atoms with Gasteiger partial charge in [0.1, 0.15) is 6.04 Å². The molecule has 0 saturated carbocycles. The summed E-state index contributed by atoms with van der Waals surface area (Å²) < 4.78 is 1.81. The molecule has 94 valence electrons. The summed E-state index contributed by atoms with van der Waals surface area (Å²) in [5.74, 6) is 0.00393. The maximum absolute atomic E-state index is 10.7. The fourth-order valence-corrected chi connectivity index (χ4v) is 2.20. The van der Waals surface area contributed by atoms with Crippen molar-refractivity contribution in [2.24, 2.45) is 0 Å². The lowest BCUT2D eigenvalue weighted by Crippen LogP contribution is -2.37. The number of aliphatic carboxylic acids is 1. The molecule has 0 fully saturated rings. The number of hydrogen-bond donors (Lipinski definition) is 2. The molecule has 1 unspecified atom stereocenters. The molecule has 1 heterocycles. The Kier molecular flexibility index (Phi) is 5.55. The highest BCUT2D eigenvalue weighted by atomic mass is 32.2. The van der Waals surface area contributed by atoms with Crippen LogP contribution in [0.25, 0.3) is 0 Å². The summed E-state index contributed by atoms with van der Waals surface area (Å²) in [5.41, 5.74) is 1.05. The zero-order valence-corrected chi connectivity index (χ0v) is 10.3. The van der Waals surface area contributed by atoms with Gasteiger partial charge < -0.3 is 10.4 Å². The average molecular weight is 257 g/mol. The van der Waals surface area contributed by atoms with E-state index in [1.807, 2.05) is 17.8 Å². The van der Waals surface area contributed by atoms with E-state index in [0.717, 1.165) is 12.1 Å². The minimum absolute atomic E-state index is 0.339. The van der Waals surface area contributed by atoms with Gasteiger partial charge in [0.25, 0.3) is 0 Å². The number of thioether (sulfide) groups is 1. The number of aryl methyl sites for hydroxylation is 1. The molecule has 0 radical (unpaired) electrons. The van der Waals surface area contributed by atoms with Crippen LogP contribution in [0.5, 0.6) is 0 Å². The molecule has 0 aliphatic heterocycles. The molecule has 0 aliphatic rings. The van der Waals surface area contributed by atoms with Crippen LogP contribution in [0, 0.1) is 0 Å². The van der Waals surface area contributed by atoms with Gasteiger partial charge in [-0.3, -0.25) is 9.48 Å². The summed E-state index contributed by atoms with van der Waals surface area (Å²) in [6, 6.07) is -0.835. The summed E-state index contributed by atoms with van der Waals surface area (Å²) in [7, 11) is 0. The van der Waals surface area contributed by atoms with Crippen LogP contribution in [0.3, 0.4) is 0 Å². The minimum Gasteiger partial charge on any atom is -0.480 e. The molecule has 0 aliphatic carbocycles. The second-order valence-corrected chi connectivity index (χ2v) is 4.43. The van der Waals surface area contributed by atoms with E-state index in [4.69, 9.17) is 5.11 Å². The molecule has 1 atom stereocenters. The second kappa shape index (κ2) is 6.95. The molecule has 1 rings (SSSR count). The van der Waals surface area contributed by atoms with Crippen molar-refractivity contribution < 1.29 is 14.7 Å². The van der Waals surface area contributed by atoms with Crippen molar-refractivity contribution >= 4 is 24.1 Å². The number of carboxylic acids is 1. The molecule has 1 aromatic heterocycles. The fourth-order valence-electron chi connectivity index (χ4n) is 1.22. The van der Waals surface area contributed by atoms with E-state index in [-0.39, 0.29) is 0 Å². The van der Waals surface area contributed by atoms with E-state index in [0.29, 0.717) is 17.9 Å². The number of nitrogens with one attached hydrogen (secondary N) is 1. The Bertz CT molecular complexity index is 381. The quantitative estimate of drug-likeness (QED) is 0.656. The van der Waals surface area contributed by atoms with Gasteiger partial charge in [-0.25, -0.2) is 4.79 Å². The van der Waals surface area contributed by atoms with Crippen LogP contribution < -0.4 is 5.32 Å². The van der Waals surface area contributed by atoms with E-state index in [9.17, 15) is 9.59 Å². The highest BCUT2D eigenvalue weighted by molar-refractivity contribution is 7.98. The number of amides is 1. The van der Waals surface area contributed by atoms with Crippen molar-refractivity contribution in [2.75, 3.05) is 5.75 Å². The summed E-state index contributed by atoms with van der Waals surface area (Å²) in [6.07, 6.45) is 4.10. The third kappa shape index (κ3) is 4.48. The predicted molar refractivity (Wildman–Crippen MR) is 64.7 cm³/mol. The van der Waals surface area contributed by atoms with Crippen molar-refractivity contribution in [3.63, 3.8) is 0 Å². The Morgan fingerprint density at radius 2 is 2.53 bits per heavy atom. The lowest BCUT2D eigenvalue weighted by atomic mass is 10.3. The second-order valence-electron chi connectivity index (χ2n) is 3.39. The molecule has 6 nitrogen and oxygen atoms in total. The molecule has 0 spiro atoms. The number of hydrogen-bond acceptors (Lipinski definition) is 4. The molecule has 7 heteroatoms. The Balaban J connectivity index is 2.35. The van der Waals surface area contributed by atoms with Gasteiger partial charge in [-0.2, -0.15) is 16.9 Å². The van der Waals surface area contributed by atoms with Gasteiger partial charge in [0.15, 0.2) is 0 Å². The van der Waals surface area contributed by atoms with Gasteiger partial charge in [0.2, 0.25) is 6.41 Å². The maximum Gasteiger partial charge on any atom is 0.327 e. The maximum atomic E-state index is 10.7. The zero-order chi connectivity index (χ0) is 12.7. The third-order valence-corrected chi connectivity index (χ3v) is 3.24. The van der Waals surface area contributed by atoms with Gasteiger partial charge in [0, 0.05) is 24.2 Å². The van der Waals surface area contributed by atoms with Crippen LogP contribution in [0.4, 0.5) is 0 Å². The summed E-state index contributed by atoms with van der Waals surface area (Å²) in [4.78, 5) is 20.9. The minimum atomic E-state index is -1.02. The standard InChI is InChI=1S/C10H15N3O3S/c1-2-13-4-8(3-12-13)5-17-6-9(10(15)16)11-7-14/h3-4,7,9H,2,5-6H2,1H3,(H,11,14)(H,15,16). The van der Waals surface area contributed by atoms with Crippen molar-refractivity contribution in [3.05, 3.63) is 18.0 Å². The average Bonchev–Trinajstić information content (AvgIpc) is 2.75. The monoisotopic (exact) mass is 257 g/mol. The van der Waals surface area contributed by atoms with Crippen LogP contribution in [0.15, 0.2) is 12.4 Å². The molecule has 17 heavy (non-hydrogen) atoms. The normalized spacial score (nSPS) is 12.1. The molecule has 1 aromatic rings. The van der Waals surface area contributed by atoms with Crippen LogP contribution in [0.2, 0.25) is 0 Å². The van der Waals surface area contributed by atoms with Gasteiger partial charge in [-0.15, -0.1) is 0 Å². The van der Waals surface area contributed by atoms with E-state index in [1.54, 1.807) is 6.20 Å². The number of rotatable bonds is 8. The first-order chi connectivity index (χ1) is 8.17. The summed E-state index contributed by atoms with van der Waals surface area (Å²) in [6.45, 7) is 2.81. The fraction of sp³-hybridized carbons (Fsp3) is 0.500. The van der Waals surface area contributed by atoms with Crippen LogP contribution in [-0.4, -0.2) is 39.1 Å². The molecule has 0 bridgehead atoms. The van der Waals surface area contributed by atoms with Gasteiger partial charge in [-0.1, -0.05) is 0 Å². The van der Waals surface area contributed by atoms with E-state index < -0.39 is 12.0 Å². The lowest BCUT2D eigenvalue weighted by molar-refractivity contribution is -0.139. The van der Waals surface area contributed by atoms with E-state index >= 15 is 0 Å². The van der Waals surface area contributed by atoms with Gasteiger partial charge in [0.05, 0.1) is 6.20 Å². The largest absolute Gasteiger partial charge is 0.480 e. The predicted octanol–water partition coefficient (Wildman–Crippen LogP) is 0.335. The van der Waals surface area contributed by atoms with E-state index in [1.165, 1.54) is 11.8 Å². The highest BCUT2D eigenvalue weighted by Crippen LogP contribution is 2.12. The Morgan fingerprint density at radius 1 is 1.76 bits per heavy atom. The van der Waals surface area contributed by atoms with Crippen molar-refractivity contribution in [1.82, 2.24) is 15.1 Å². The Hall–Kier alpha value is -1.50. The third-order valence-electron chi connectivity index (χ3n) is 2.13. The van der Waals surface area contributed by atoms with Crippen molar-refractivity contribution in [3.8, 4) is 0 Å². The molecule has 2 N–H and O–H groups in total. The first-order valence-corrected chi connectivity index (χ1v) is 6.34. The van der Waals surface area contributed by atoms with Crippen LogP contribution in [0.1, 0.15) is 12.5 Å². The van der Waals surface area contributed by atoms with Crippen LogP contribution >= 0.6 is 11.8 Å². The van der Waals surface area contributed by atoms with E-state index in [2.05, 4.69) is 10.4 Å². The van der Waals surface area contributed by atoms with Crippen molar-refractivity contribution in [1.29, 1.82) is 0 Å². The zero-order valence-electron chi connectivity index (χ0n) is 9.50. The van der Waals surface area contributed by atoms with Gasteiger partial charge in [-0.05, 0) is 12.5 Å². The Labute approximate surface area is 103 Å². The molecule has 1 amide bonds. The molecular weight excluding hydrogens is 242 g/mol. The SMILES string of the molecule is CCn1cc(CSCC(NC=O)C(=O)O)cn1. The van der Waals surface area contributed by atoms with Crippen LogP contribution in [-0.2, 0) is 21.9 Å². The first kappa shape index (κ1) is 13.6. The number of carboxylic acid groups (broad SMARTS) is 1. The summed E-state index contributed by atoms with van der Waals surface area (Å²) in [5, 5.41) is 15.2. The number of carbonyl (C=O) groups excluding carboxylic acids is 1. The number of carbonyl (C=O) groups is 2. The topological polar surface area (TPSA) is 84.2 Å². The molecule has 0 saturated heterocycles. The van der Waals surface area contributed by atoms with Crippen molar-refractivity contribution in [2.45, 2.75) is 25.3 Å². The molecule has 0 aromatic carbocycles. The Morgan fingerprint density at radius 3 is 3.06 bits per heavy atom. The highest BCUT2D eigenvalue weighted by Gasteiger charge is 2.15. The number of aromatic nitrogens is 2. The smallest absolute Gasteiger partial charge is 0.327 e.